The molecule has 2 aromatic heterocycles. The normalized spacial score (nSPS) is 18.8. The van der Waals surface area contributed by atoms with Gasteiger partial charge in [-0.2, -0.15) is 0 Å². The highest BCUT2D eigenvalue weighted by atomic mass is 15.2. The Kier molecular flexibility index (Phi) is 2.84. The minimum atomic E-state index is 0.355. The summed E-state index contributed by atoms with van der Waals surface area (Å²) in [5.41, 5.74) is 8.23. The van der Waals surface area contributed by atoms with Crippen LogP contribution >= 0.6 is 0 Å². The van der Waals surface area contributed by atoms with Gasteiger partial charge in [-0.05, 0) is 33.6 Å². The molecule has 0 aliphatic carbocycles. The van der Waals surface area contributed by atoms with Crippen LogP contribution in [0.1, 0.15) is 51.5 Å². The van der Waals surface area contributed by atoms with Crippen molar-refractivity contribution in [2.45, 2.75) is 52.1 Å². The van der Waals surface area contributed by atoms with Crippen LogP contribution in [0.25, 0.3) is 11.4 Å². The van der Waals surface area contributed by atoms with Gasteiger partial charge in [-0.15, -0.1) is 0 Å². The quantitative estimate of drug-likeness (QED) is 0.902. The minimum absolute atomic E-state index is 0.355. The van der Waals surface area contributed by atoms with Crippen molar-refractivity contribution >= 4 is 5.82 Å². The second-order valence-electron chi connectivity index (χ2n) is 5.65. The SMILES string of the molecule is CC(C)n1cncc1-c1nc2n(c1N)C(C)CCC2. The van der Waals surface area contributed by atoms with Gasteiger partial charge in [-0.1, -0.05) is 0 Å². The van der Waals surface area contributed by atoms with Gasteiger partial charge in [0.05, 0.1) is 18.2 Å². The molecule has 0 bridgehead atoms. The first-order valence-electron chi connectivity index (χ1n) is 6.98. The van der Waals surface area contributed by atoms with Gasteiger partial charge in [-0.25, -0.2) is 9.97 Å². The lowest BCUT2D eigenvalue weighted by Gasteiger charge is -2.22. The lowest BCUT2D eigenvalue weighted by atomic mass is 10.1. The van der Waals surface area contributed by atoms with E-state index >= 15 is 0 Å². The Morgan fingerprint density at radius 3 is 2.89 bits per heavy atom. The molecule has 0 amide bonds. The topological polar surface area (TPSA) is 61.7 Å². The van der Waals surface area contributed by atoms with Crippen molar-refractivity contribution in [1.29, 1.82) is 0 Å². The van der Waals surface area contributed by atoms with Crippen LogP contribution in [0.3, 0.4) is 0 Å². The molecule has 0 aromatic carbocycles. The smallest absolute Gasteiger partial charge is 0.133 e. The van der Waals surface area contributed by atoms with E-state index < -0.39 is 0 Å². The molecule has 19 heavy (non-hydrogen) atoms. The first-order valence-corrected chi connectivity index (χ1v) is 6.98. The number of nitrogens with zero attached hydrogens (tertiary/aromatic N) is 4. The number of rotatable bonds is 2. The van der Waals surface area contributed by atoms with Crippen LogP contribution in [-0.4, -0.2) is 19.1 Å². The molecule has 3 rings (SSSR count). The van der Waals surface area contributed by atoms with Crippen LogP contribution < -0.4 is 5.73 Å². The zero-order valence-electron chi connectivity index (χ0n) is 11.8. The van der Waals surface area contributed by atoms with Crippen LogP contribution in [0.4, 0.5) is 5.82 Å². The predicted molar refractivity (Wildman–Crippen MR) is 75.9 cm³/mol. The molecule has 102 valence electrons. The highest BCUT2D eigenvalue weighted by molar-refractivity contribution is 5.68. The molecule has 0 spiro atoms. The fourth-order valence-electron chi connectivity index (χ4n) is 2.93. The maximum absolute atomic E-state index is 6.33. The van der Waals surface area contributed by atoms with E-state index in [1.54, 1.807) is 0 Å². The Morgan fingerprint density at radius 1 is 1.42 bits per heavy atom. The van der Waals surface area contributed by atoms with E-state index in [1.165, 1.54) is 12.8 Å². The predicted octanol–water partition coefficient (Wildman–Crippen LogP) is 2.81. The van der Waals surface area contributed by atoms with Gasteiger partial charge in [0.2, 0.25) is 0 Å². The summed E-state index contributed by atoms with van der Waals surface area (Å²) in [6.07, 6.45) is 7.10. The number of hydrogen-bond acceptors (Lipinski definition) is 3. The fourth-order valence-corrected chi connectivity index (χ4v) is 2.93. The number of nitrogen functional groups attached to an aromatic ring is 1. The summed E-state index contributed by atoms with van der Waals surface area (Å²) in [5, 5.41) is 0. The lowest BCUT2D eigenvalue weighted by Crippen LogP contribution is -2.17. The van der Waals surface area contributed by atoms with E-state index in [4.69, 9.17) is 10.7 Å². The Balaban J connectivity index is 2.14. The Labute approximate surface area is 113 Å². The second-order valence-corrected chi connectivity index (χ2v) is 5.65. The number of anilines is 1. The molecule has 2 aromatic rings. The molecule has 0 fully saturated rings. The largest absolute Gasteiger partial charge is 0.383 e. The molecule has 5 nitrogen and oxygen atoms in total. The van der Waals surface area contributed by atoms with E-state index in [0.717, 1.165) is 29.5 Å². The minimum Gasteiger partial charge on any atom is -0.383 e. The van der Waals surface area contributed by atoms with Crippen molar-refractivity contribution in [1.82, 2.24) is 19.1 Å². The molecule has 1 aliphatic rings. The van der Waals surface area contributed by atoms with E-state index in [2.05, 4.69) is 34.9 Å². The van der Waals surface area contributed by atoms with E-state index in [-0.39, 0.29) is 0 Å². The maximum atomic E-state index is 6.33. The van der Waals surface area contributed by atoms with Crippen molar-refractivity contribution in [3.05, 3.63) is 18.3 Å². The molecule has 1 unspecified atom stereocenters. The van der Waals surface area contributed by atoms with Crippen molar-refractivity contribution in [2.24, 2.45) is 0 Å². The van der Waals surface area contributed by atoms with E-state index in [1.807, 2.05) is 12.5 Å². The van der Waals surface area contributed by atoms with Crippen LogP contribution in [0.5, 0.6) is 0 Å². The fraction of sp³-hybridized carbons (Fsp3) is 0.571. The number of aryl methyl sites for hydroxylation is 1. The lowest BCUT2D eigenvalue weighted by molar-refractivity contribution is 0.430. The molecule has 0 radical (unpaired) electrons. The monoisotopic (exact) mass is 259 g/mol. The maximum Gasteiger partial charge on any atom is 0.133 e. The molecular formula is C14H21N5. The summed E-state index contributed by atoms with van der Waals surface area (Å²) in [7, 11) is 0. The van der Waals surface area contributed by atoms with Crippen LogP contribution in [0, 0.1) is 0 Å². The van der Waals surface area contributed by atoms with Crippen molar-refractivity contribution in [3.8, 4) is 11.4 Å². The Hall–Kier alpha value is -1.78. The summed E-state index contributed by atoms with van der Waals surface area (Å²) < 4.78 is 4.31. The van der Waals surface area contributed by atoms with Crippen LogP contribution in [-0.2, 0) is 6.42 Å². The van der Waals surface area contributed by atoms with Gasteiger partial charge in [0, 0.05) is 18.5 Å². The number of nitrogens with two attached hydrogens (primary N) is 1. The van der Waals surface area contributed by atoms with Gasteiger partial charge in [0.25, 0.3) is 0 Å². The third-order valence-electron chi connectivity index (χ3n) is 3.95. The van der Waals surface area contributed by atoms with Crippen molar-refractivity contribution < 1.29 is 0 Å². The number of aromatic nitrogens is 4. The van der Waals surface area contributed by atoms with Crippen molar-refractivity contribution in [3.63, 3.8) is 0 Å². The standard InChI is InChI=1S/C14H21N5/c1-9(2)18-8-16-7-11(18)13-14(15)19-10(3)5-4-6-12(19)17-13/h7-10H,4-6,15H2,1-3H3. The van der Waals surface area contributed by atoms with E-state index in [9.17, 15) is 0 Å². The van der Waals surface area contributed by atoms with Crippen molar-refractivity contribution in [2.75, 3.05) is 5.73 Å². The highest BCUT2D eigenvalue weighted by Crippen LogP contribution is 2.34. The third-order valence-corrected chi connectivity index (χ3v) is 3.95. The summed E-state index contributed by atoms with van der Waals surface area (Å²) in [6, 6.07) is 0.800. The first kappa shape index (κ1) is 12.3. The average molecular weight is 259 g/mol. The van der Waals surface area contributed by atoms with Gasteiger partial charge in [0.15, 0.2) is 0 Å². The molecule has 1 atom stereocenters. The Morgan fingerprint density at radius 2 is 2.21 bits per heavy atom. The van der Waals surface area contributed by atoms with Crippen LogP contribution in [0.15, 0.2) is 12.5 Å². The van der Waals surface area contributed by atoms with Gasteiger partial charge >= 0.3 is 0 Å². The molecule has 1 aliphatic heterocycles. The molecule has 0 saturated carbocycles. The molecule has 0 saturated heterocycles. The number of imidazole rings is 2. The summed E-state index contributed by atoms with van der Waals surface area (Å²) in [5.74, 6) is 1.90. The molecular weight excluding hydrogens is 238 g/mol. The van der Waals surface area contributed by atoms with Gasteiger partial charge in [-0.3, -0.25) is 0 Å². The zero-order valence-corrected chi connectivity index (χ0v) is 11.8. The average Bonchev–Trinajstić information content (AvgIpc) is 2.94. The highest BCUT2D eigenvalue weighted by Gasteiger charge is 2.24. The number of hydrogen-bond donors (Lipinski definition) is 1. The Bertz CT molecular complexity index is 593. The van der Waals surface area contributed by atoms with Gasteiger partial charge < -0.3 is 14.9 Å². The second kappa shape index (κ2) is 4.40. The third kappa shape index (κ3) is 1.84. The first-order chi connectivity index (χ1) is 9.09. The van der Waals surface area contributed by atoms with E-state index in [0.29, 0.717) is 12.1 Å². The molecule has 3 heterocycles. The summed E-state index contributed by atoms with van der Waals surface area (Å²) in [4.78, 5) is 9.01. The molecule has 5 heteroatoms. The summed E-state index contributed by atoms with van der Waals surface area (Å²) in [6.45, 7) is 6.49. The summed E-state index contributed by atoms with van der Waals surface area (Å²) >= 11 is 0. The van der Waals surface area contributed by atoms with Gasteiger partial charge in [0.1, 0.15) is 17.3 Å². The number of fused-ring (bicyclic) bond motifs is 1. The van der Waals surface area contributed by atoms with Crippen LogP contribution in [0.2, 0.25) is 0 Å². The molecule has 2 N–H and O–H groups in total. The zero-order chi connectivity index (χ0) is 13.6.